The summed E-state index contributed by atoms with van der Waals surface area (Å²) in [6.45, 7) is 6.37. The van der Waals surface area contributed by atoms with Crippen molar-refractivity contribution < 1.29 is 0 Å². The number of fused-ring (bicyclic) bond motifs is 2. The first-order valence-corrected chi connectivity index (χ1v) is 10.7. The third kappa shape index (κ3) is 2.73. The van der Waals surface area contributed by atoms with E-state index in [1.807, 2.05) is 11.6 Å². The Labute approximate surface area is 168 Å². The van der Waals surface area contributed by atoms with E-state index in [9.17, 15) is 0 Å². The molecule has 0 spiro atoms. The van der Waals surface area contributed by atoms with Crippen LogP contribution in [0.3, 0.4) is 0 Å². The average Bonchev–Trinajstić information content (AvgIpc) is 3.42. The first-order chi connectivity index (χ1) is 13.7. The summed E-state index contributed by atoms with van der Waals surface area (Å²) in [6.07, 6.45) is 7.10. The summed E-state index contributed by atoms with van der Waals surface area (Å²) in [7, 11) is 0. The Morgan fingerprint density at radius 2 is 2.11 bits per heavy atom. The third-order valence-electron chi connectivity index (χ3n) is 6.59. The van der Waals surface area contributed by atoms with E-state index in [1.54, 1.807) is 17.7 Å². The molecule has 5 rings (SSSR count). The molecule has 0 amide bonds. The van der Waals surface area contributed by atoms with Gasteiger partial charge in [0.2, 0.25) is 0 Å². The minimum absolute atomic E-state index is 0.211. The normalized spacial score (nSPS) is 24.9. The number of thiazole rings is 1. The maximum absolute atomic E-state index is 9.12. The predicted molar refractivity (Wildman–Crippen MR) is 111 cm³/mol. The number of piperidine rings is 2. The molecule has 1 N–H and O–H groups in total. The highest BCUT2D eigenvalue weighted by Crippen LogP contribution is 2.46. The van der Waals surface area contributed by atoms with E-state index in [-0.39, 0.29) is 5.41 Å². The van der Waals surface area contributed by atoms with Crippen molar-refractivity contribution in [1.29, 1.82) is 5.26 Å². The zero-order chi connectivity index (χ0) is 19.1. The van der Waals surface area contributed by atoms with Crippen LogP contribution >= 0.6 is 11.3 Å². The molecule has 2 aliphatic heterocycles. The van der Waals surface area contributed by atoms with Gasteiger partial charge in [-0.1, -0.05) is 6.92 Å². The van der Waals surface area contributed by atoms with Crippen LogP contribution in [0.1, 0.15) is 31.9 Å². The number of anilines is 2. The van der Waals surface area contributed by atoms with Crippen LogP contribution in [0.4, 0.5) is 10.9 Å². The number of rotatable bonds is 3. The Morgan fingerprint density at radius 3 is 2.89 bits per heavy atom. The van der Waals surface area contributed by atoms with Crippen molar-refractivity contribution >= 4 is 33.3 Å². The SMILES string of the molecule is CC[C@]12CN(c3nc(C#N)cs3)CC[C@H]1CCN(c1ncnc3[nH]ccc13)C2. The summed E-state index contributed by atoms with van der Waals surface area (Å²) in [5, 5.41) is 13.1. The fourth-order valence-corrected chi connectivity index (χ4v) is 5.81. The lowest BCUT2D eigenvalue weighted by Crippen LogP contribution is -2.58. The Hall–Kier alpha value is -2.66. The highest BCUT2D eigenvalue weighted by Gasteiger charge is 2.46. The lowest BCUT2D eigenvalue weighted by molar-refractivity contribution is 0.0990. The number of hydrogen-bond acceptors (Lipinski definition) is 7. The van der Waals surface area contributed by atoms with Gasteiger partial charge < -0.3 is 14.8 Å². The number of nitrogens with one attached hydrogen (secondary N) is 1. The molecule has 2 saturated heterocycles. The molecule has 0 unspecified atom stereocenters. The van der Waals surface area contributed by atoms with Gasteiger partial charge in [-0.05, 0) is 31.2 Å². The highest BCUT2D eigenvalue weighted by atomic mass is 32.1. The number of hydrogen-bond donors (Lipinski definition) is 1. The van der Waals surface area contributed by atoms with Crippen molar-refractivity contribution in [2.45, 2.75) is 26.2 Å². The van der Waals surface area contributed by atoms with Gasteiger partial charge in [0.15, 0.2) is 10.8 Å². The highest BCUT2D eigenvalue weighted by molar-refractivity contribution is 7.13. The van der Waals surface area contributed by atoms with Crippen molar-refractivity contribution in [1.82, 2.24) is 19.9 Å². The molecule has 0 radical (unpaired) electrons. The minimum atomic E-state index is 0.211. The van der Waals surface area contributed by atoms with E-state index in [4.69, 9.17) is 5.26 Å². The van der Waals surface area contributed by atoms with Crippen molar-refractivity contribution in [3.63, 3.8) is 0 Å². The van der Waals surface area contributed by atoms with E-state index in [0.717, 1.165) is 60.5 Å². The first-order valence-electron chi connectivity index (χ1n) is 9.86. The van der Waals surface area contributed by atoms with Gasteiger partial charge in [0, 0.05) is 43.2 Å². The molecule has 3 aromatic rings. The molecule has 0 aliphatic carbocycles. The summed E-state index contributed by atoms with van der Waals surface area (Å²) >= 11 is 1.58. The van der Waals surface area contributed by atoms with Crippen molar-refractivity contribution in [2.75, 3.05) is 36.0 Å². The fourth-order valence-electron chi connectivity index (χ4n) is 5.03. The summed E-state index contributed by atoms with van der Waals surface area (Å²) in [5.74, 6) is 1.76. The summed E-state index contributed by atoms with van der Waals surface area (Å²) in [5.41, 5.74) is 1.63. The van der Waals surface area contributed by atoms with Gasteiger partial charge in [0.05, 0.1) is 5.39 Å². The smallest absolute Gasteiger partial charge is 0.186 e. The largest absolute Gasteiger partial charge is 0.355 e. The van der Waals surface area contributed by atoms with Crippen LogP contribution in [0.15, 0.2) is 24.0 Å². The number of H-pyrrole nitrogens is 1. The number of aromatic nitrogens is 4. The quantitative estimate of drug-likeness (QED) is 0.734. The monoisotopic (exact) mass is 393 g/mol. The van der Waals surface area contributed by atoms with Crippen molar-refractivity contribution in [3.05, 3.63) is 29.7 Å². The third-order valence-corrected chi connectivity index (χ3v) is 7.49. The predicted octanol–water partition coefficient (Wildman–Crippen LogP) is 3.42. The van der Waals surface area contributed by atoms with Gasteiger partial charge in [-0.25, -0.2) is 15.0 Å². The second-order valence-electron chi connectivity index (χ2n) is 7.90. The van der Waals surface area contributed by atoms with Gasteiger partial charge in [-0.2, -0.15) is 5.26 Å². The van der Waals surface area contributed by atoms with Crippen LogP contribution < -0.4 is 9.80 Å². The summed E-state index contributed by atoms with van der Waals surface area (Å²) in [4.78, 5) is 21.5. The Balaban J connectivity index is 1.45. The maximum Gasteiger partial charge on any atom is 0.186 e. The van der Waals surface area contributed by atoms with Gasteiger partial charge in [0.1, 0.15) is 23.9 Å². The van der Waals surface area contributed by atoms with Gasteiger partial charge in [-0.3, -0.25) is 0 Å². The summed E-state index contributed by atoms with van der Waals surface area (Å²) in [6, 6.07) is 4.23. The second-order valence-corrected chi connectivity index (χ2v) is 8.73. The number of aromatic amines is 1. The molecule has 3 aromatic heterocycles. The Morgan fingerprint density at radius 1 is 1.29 bits per heavy atom. The first kappa shape index (κ1) is 17.4. The molecule has 28 heavy (non-hydrogen) atoms. The molecule has 5 heterocycles. The van der Waals surface area contributed by atoms with E-state index in [0.29, 0.717) is 5.69 Å². The molecule has 8 heteroatoms. The van der Waals surface area contributed by atoms with Crippen molar-refractivity contribution in [2.24, 2.45) is 11.3 Å². The minimum Gasteiger partial charge on any atom is -0.355 e. The van der Waals surface area contributed by atoms with Crippen LogP contribution in [0.5, 0.6) is 0 Å². The van der Waals surface area contributed by atoms with Crippen LogP contribution in [-0.4, -0.2) is 46.1 Å². The molecular weight excluding hydrogens is 370 g/mol. The van der Waals surface area contributed by atoms with Crippen LogP contribution in [0.2, 0.25) is 0 Å². The van der Waals surface area contributed by atoms with E-state index in [2.05, 4.69) is 48.8 Å². The van der Waals surface area contributed by atoms with E-state index in [1.165, 1.54) is 12.8 Å². The molecular formula is C20H23N7S. The Kier molecular flexibility index (Phi) is 4.20. The molecule has 7 nitrogen and oxygen atoms in total. The lowest BCUT2D eigenvalue weighted by Gasteiger charge is -2.54. The van der Waals surface area contributed by atoms with Gasteiger partial charge in [-0.15, -0.1) is 11.3 Å². The van der Waals surface area contributed by atoms with Gasteiger partial charge >= 0.3 is 0 Å². The Bertz CT molecular complexity index is 1030. The summed E-state index contributed by atoms with van der Waals surface area (Å²) < 4.78 is 0. The molecule has 0 saturated carbocycles. The molecule has 144 valence electrons. The van der Waals surface area contributed by atoms with Crippen molar-refractivity contribution in [3.8, 4) is 6.07 Å². The zero-order valence-corrected chi connectivity index (χ0v) is 16.7. The van der Waals surface area contributed by atoms with Gasteiger partial charge in [0.25, 0.3) is 0 Å². The topological polar surface area (TPSA) is 84.7 Å². The number of nitriles is 1. The lowest BCUT2D eigenvalue weighted by atomic mass is 9.65. The molecule has 2 atom stereocenters. The molecule has 2 aliphatic rings. The molecule has 0 aromatic carbocycles. The average molecular weight is 394 g/mol. The van der Waals surface area contributed by atoms with Crippen LogP contribution in [-0.2, 0) is 0 Å². The maximum atomic E-state index is 9.12. The van der Waals surface area contributed by atoms with E-state index >= 15 is 0 Å². The fraction of sp³-hybridized carbons (Fsp3) is 0.500. The standard InChI is InChI=1S/C20H23N7S/c1-2-20-11-26(18-16-3-6-22-17(16)23-13-24-18)7-4-14(20)5-8-27(12-20)19-25-15(9-21)10-28-19/h3,6,10,13-14H,2,4-5,7-8,11-12H2,1H3,(H,22,23,24)/t14-,20+/m1/s1. The molecule has 0 bridgehead atoms. The zero-order valence-electron chi connectivity index (χ0n) is 15.9. The van der Waals surface area contributed by atoms with E-state index < -0.39 is 0 Å². The van der Waals surface area contributed by atoms with Crippen LogP contribution in [0.25, 0.3) is 11.0 Å². The van der Waals surface area contributed by atoms with Crippen LogP contribution in [0, 0.1) is 22.7 Å². The number of nitrogens with zero attached hydrogens (tertiary/aromatic N) is 6. The molecule has 2 fully saturated rings. The second kappa shape index (κ2) is 6.74.